The summed E-state index contributed by atoms with van der Waals surface area (Å²) in [5, 5.41) is 9.54. The largest absolute Gasteiger partial charge is 0.391 e. The van der Waals surface area contributed by atoms with Crippen LogP contribution in [0.4, 0.5) is 0 Å². The highest BCUT2D eigenvalue weighted by molar-refractivity contribution is 7.89. The Morgan fingerprint density at radius 3 is 2.11 bits per heavy atom. The van der Waals surface area contributed by atoms with Crippen molar-refractivity contribution < 1.29 is 18.3 Å². The summed E-state index contributed by atoms with van der Waals surface area (Å²) >= 11 is 0. The molecule has 1 aromatic rings. The van der Waals surface area contributed by atoms with E-state index in [0.29, 0.717) is 5.56 Å². The Morgan fingerprint density at radius 1 is 1.26 bits per heavy atom. The van der Waals surface area contributed by atoms with E-state index in [1.807, 2.05) is 0 Å². The van der Waals surface area contributed by atoms with E-state index in [0.717, 1.165) is 0 Å². The second kappa shape index (κ2) is 5.40. The van der Waals surface area contributed by atoms with Crippen LogP contribution in [0.5, 0.6) is 0 Å². The minimum Gasteiger partial charge on any atom is -0.391 e. The molecule has 5 nitrogen and oxygen atoms in total. The Morgan fingerprint density at radius 2 is 1.74 bits per heavy atom. The number of benzene rings is 1. The highest BCUT2D eigenvalue weighted by Crippen LogP contribution is 2.16. The van der Waals surface area contributed by atoms with E-state index >= 15 is 0 Å². The molecule has 0 aliphatic carbocycles. The second-order valence-corrected chi connectivity index (χ2v) is 6.77. The Hall–Kier alpha value is -1.24. The second-order valence-electron chi connectivity index (χ2n) is 5.08. The lowest BCUT2D eigenvalue weighted by Gasteiger charge is -2.28. The van der Waals surface area contributed by atoms with Crippen molar-refractivity contribution in [2.75, 3.05) is 0 Å². The van der Waals surface area contributed by atoms with Crippen molar-refractivity contribution in [3.8, 4) is 0 Å². The molecule has 1 unspecified atom stereocenters. The number of carbonyl (C=O) groups excluding carboxylic acids is 1. The van der Waals surface area contributed by atoms with Gasteiger partial charge in [-0.05, 0) is 39.8 Å². The molecule has 1 rings (SSSR count). The molecule has 2 N–H and O–H groups in total. The lowest BCUT2D eigenvalue weighted by atomic mass is 10.0. The number of rotatable bonds is 5. The van der Waals surface area contributed by atoms with Crippen LogP contribution in [0.1, 0.15) is 38.1 Å². The van der Waals surface area contributed by atoms with Gasteiger partial charge in [0.25, 0.3) is 0 Å². The van der Waals surface area contributed by atoms with Gasteiger partial charge in [0.2, 0.25) is 10.0 Å². The van der Waals surface area contributed by atoms with E-state index in [9.17, 15) is 18.3 Å². The molecule has 0 aliphatic heterocycles. The molecule has 1 aromatic carbocycles. The van der Waals surface area contributed by atoms with Gasteiger partial charge in [-0.15, -0.1) is 0 Å². The van der Waals surface area contributed by atoms with Crippen LogP contribution in [0.15, 0.2) is 29.2 Å². The highest BCUT2D eigenvalue weighted by Gasteiger charge is 2.30. The van der Waals surface area contributed by atoms with Gasteiger partial charge in [0.1, 0.15) is 0 Å². The molecule has 6 heteroatoms. The average molecular weight is 285 g/mol. The van der Waals surface area contributed by atoms with E-state index in [1.165, 1.54) is 38.1 Å². The lowest BCUT2D eigenvalue weighted by molar-refractivity contribution is 0.101. The molecular formula is C13H19NO4S. The lowest BCUT2D eigenvalue weighted by Crippen LogP contribution is -2.50. The monoisotopic (exact) mass is 285 g/mol. The summed E-state index contributed by atoms with van der Waals surface area (Å²) in [5.74, 6) is -0.124. The first-order chi connectivity index (χ1) is 8.56. The predicted molar refractivity (Wildman–Crippen MR) is 72.5 cm³/mol. The molecule has 106 valence electrons. The van der Waals surface area contributed by atoms with Crippen LogP contribution < -0.4 is 4.72 Å². The fourth-order valence-corrected chi connectivity index (χ4v) is 2.83. The Kier molecular flexibility index (Phi) is 4.50. The molecule has 0 saturated heterocycles. The average Bonchev–Trinajstić information content (AvgIpc) is 2.27. The van der Waals surface area contributed by atoms with Crippen molar-refractivity contribution in [2.45, 2.75) is 44.2 Å². The van der Waals surface area contributed by atoms with Crippen LogP contribution in [0.2, 0.25) is 0 Å². The smallest absolute Gasteiger partial charge is 0.241 e. The quantitative estimate of drug-likeness (QED) is 0.799. The number of aliphatic hydroxyl groups excluding tert-OH is 1. The molecule has 0 fully saturated rings. The third-order valence-electron chi connectivity index (χ3n) is 3.01. The minimum atomic E-state index is -3.73. The highest BCUT2D eigenvalue weighted by atomic mass is 32.2. The first kappa shape index (κ1) is 15.8. The van der Waals surface area contributed by atoms with E-state index in [1.54, 1.807) is 13.8 Å². The maximum atomic E-state index is 12.1. The standard InChI is InChI=1S/C13H19NO4S/c1-9(15)11-5-7-12(8-6-11)19(17,18)14-13(3,4)10(2)16/h5-8,10,14,16H,1-4H3. The summed E-state index contributed by atoms with van der Waals surface area (Å²) in [6, 6.07) is 5.67. The zero-order chi connectivity index (χ0) is 14.8. The van der Waals surface area contributed by atoms with Crippen molar-refractivity contribution >= 4 is 15.8 Å². The number of hydrogen-bond acceptors (Lipinski definition) is 4. The van der Waals surface area contributed by atoms with Gasteiger partial charge >= 0.3 is 0 Å². The van der Waals surface area contributed by atoms with Crippen molar-refractivity contribution in [3.05, 3.63) is 29.8 Å². The van der Waals surface area contributed by atoms with Gasteiger partial charge in [-0.25, -0.2) is 13.1 Å². The van der Waals surface area contributed by atoms with E-state index < -0.39 is 21.7 Å². The fraction of sp³-hybridized carbons (Fsp3) is 0.462. The van der Waals surface area contributed by atoms with Crippen molar-refractivity contribution in [1.82, 2.24) is 4.72 Å². The zero-order valence-corrected chi connectivity index (χ0v) is 12.3. The number of Topliss-reactive ketones (excluding diaryl/α,β-unsaturated/α-hetero) is 1. The summed E-state index contributed by atoms with van der Waals surface area (Å²) in [5.41, 5.74) is -0.522. The van der Waals surface area contributed by atoms with Crippen molar-refractivity contribution in [2.24, 2.45) is 0 Å². The van der Waals surface area contributed by atoms with E-state index in [-0.39, 0.29) is 10.7 Å². The molecule has 0 amide bonds. The maximum absolute atomic E-state index is 12.1. The topological polar surface area (TPSA) is 83.5 Å². The summed E-state index contributed by atoms with van der Waals surface area (Å²) < 4.78 is 26.7. The summed E-state index contributed by atoms with van der Waals surface area (Å²) in [4.78, 5) is 11.2. The molecule has 0 aliphatic rings. The van der Waals surface area contributed by atoms with Gasteiger partial charge in [0.05, 0.1) is 16.5 Å². The SMILES string of the molecule is CC(=O)c1ccc(S(=O)(=O)NC(C)(C)C(C)O)cc1. The number of carbonyl (C=O) groups is 1. The molecular weight excluding hydrogens is 266 g/mol. The first-order valence-corrected chi connectivity index (χ1v) is 7.37. The van der Waals surface area contributed by atoms with Crippen LogP contribution in [0.25, 0.3) is 0 Å². The number of nitrogens with one attached hydrogen (secondary N) is 1. The van der Waals surface area contributed by atoms with Gasteiger partial charge in [-0.2, -0.15) is 0 Å². The van der Waals surface area contributed by atoms with Crippen LogP contribution in [0.3, 0.4) is 0 Å². The van der Waals surface area contributed by atoms with Crippen molar-refractivity contribution in [3.63, 3.8) is 0 Å². The number of aliphatic hydroxyl groups is 1. The molecule has 19 heavy (non-hydrogen) atoms. The van der Waals surface area contributed by atoms with Crippen LogP contribution in [0, 0.1) is 0 Å². The normalized spacial score (nSPS) is 14.2. The van der Waals surface area contributed by atoms with E-state index in [4.69, 9.17) is 0 Å². The maximum Gasteiger partial charge on any atom is 0.241 e. The van der Waals surface area contributed by atoms with Crippen LogP contribution in [-0.4, -0.2) is 31.0 Å². The molecule has 0 heterocycles. The molecule has 0 bridgehead atoms. The fourth-order valence-electron chi connectivity index (χ4n) is 1.36. The third kappa shape index (κ3) is 3.86. The zero-order valence-electron chi connectivity index (χ0n) is 11.5. The van der Waals surface area contributed by atoms with Gasteiger partial charge in [-0.1, -0.05) is 12.1 Å². The van der Waals surface area contributed by atoms with Crippen LogP contribution in [-0.2, 0) is 10.0 Å². The molecule has 0 radical (unpaired) electrons. The number of ketones is 1. The third-order valence-corrected chi connectivity index (χ3v) is 4.70. The predicted octanol–water partition coefficient (Wildman–Crippen LogP) is 1.33. The molecule has 0 aromatic heterocycles. The van der Waals surface area contributed by atoms with Gasteiger partial charge in [-0.3, -0.25) is 4.79 Å². The Bertz CT molecular complexity index is 559. The molecule has 1 atom stereocenters. The summed E-state index contributed by atoms with van der Waals surface area (Å²) in [6.07, 6.45) is -0.834. The van der Waals surface area contributed by atoms with Gasteiger partial charge in [0.15, 0.2) is 5.78 Å². The summed E-state index contributed by atoms with van der Waals surface area (Å²) in [7, 11) is -3.73. The van der Waals surface area contributed by atoms with Gasteiger partial charge < -0.3 is 5.11 Å². The van der Waals surface area contributed by atoms with Gasteiger partial charge in [0, 0.05) is 5.56 Å². The Labute approximate surface area is 113 Å². The minimum absolute atomic E-state index is 0.0613. The summed E-state index contributed by atoms with van der Waals surface area (Å²) in [6.45, 7) is 6.12. The van der Waals surface area contributed by atoms with Crippen molar-refractivity contribution in [1.29, 1.82) is 0 Å². The molecule has 0 spiro atoms. The first-order valence-electron chi connectivity index (χ1n) is 5.89. The number of hydrogen-bond donors (Lipinski definition) is 2. The Balaban J connectivity index is 3.04. The van der Waals surface area contributed by atoms with Crippen LogP contribution >= 0.6 is 0 Å². The number of sulfonamides is 1. The molecule has 0 saturated carbocycles. The van der Waals surface area contributed by atoms with E-state index in [2.05, 4.69) is 4.72 Å².